The Morgan fingerprint density at radius 2 is 2.37 bits per heavy atom. The summed E-state index contributed by atoms with van der Waals surface area (Å²) in [6.45, 7) is 1.53. The number of imidazole rings is 1. The molecule has 0 aliphatic rings. The van der Waals surface area contributed by atoms with Gasteiger partial charge in [-0.25, -0.2) is 4.98 Å². The summed E-state index contributed by atoms with van der Waals surface area (Å²) in [7, 11) is -4.28. The zero-order valence-electron chi connectivity index (χ0n) is 9.94. The molecule has 0 saturated heterocycles. The van der Waals surface area contributed by atoms with E-state index in [4.69, 9.17) is 25.7 Å². The topological polar surface area (TPSA) is 163 Å². The molecule has 2 aromatic rings. The first-order valence-electron chi connectivity index (χ1n) is 5.21. The maximum Gasteiger partial charge on any atom is 0.351 e. The first kappa shape index (κ1) is 13.7. The lowest BCUT2D eigenvalue weighted by Gasteiger charge is -2.17. The van der Waals surface area contributed by atoms with E-state index in [1.807, 2.05) is 0 Å². The molecule has 0 spiro atoms. The van der Waals surface area contributed by atoms with Crippen LogP contribution in [0.25, 0.3) is 11.2 Å². The number of hydrogen-bond donors (Lipinski definition) is 5. The van der Waals surface area contributed by atoms with Gasteiger partial charge < -0.3 is 25.2 Å². The van der Waals surface area contributed by atoms with Gasteiger partial charge >= 0.3 is 7.60 Å². The monoisotopic (exact) mass is 288 g/mol. The van der Waals surface area contributed by atoms with E-state index >= 15 is 0 Å². The number of anilines is 1. The molecular weight excluding hydrogens is 275 g/mol. The van der Waals surface area contributed by atoms with Crippen molar-refractivity contribution in [3.8, 4) is 0 Å². The van der Waals surface area contributed by atoms with Crippen molar-refractivity contribution in [2.45, 2.75) is 13.2 Å². The van der Waals surface area contributed by atoms with Gasteiger partial charge in [-0.1, -0.05) is 0 Å². The Morgan fingerprint density at radius 3 is 3.00 bits per heavy atom. The van der Waals surface area contributed by atoms with E-state index in [0.717, 1.165) is 0 Å². The Morgan fingerprint density at radius 1 is 1.68 bits per heavy atom. The molecule has 104 valence electrons. The van der Waals surface area contributed by atoms with E-state index < -0.39 is 20.2 Å². The van der Waals surface area contributed by atoms with Crippen molar-refractivity contribution < 1.29 is 19.1 Å². The van der Waals surface area contributed by atoms with Crippen molar-refractivity contribution in [3.63, 3.8) is 0 Å². The Balaban J connectivity index is 2.42. The van der Waals surface area contributed by atoms with Crippen LogP contribution in [0.2, 0.25) is 0 Å². The van der Waals surface area contributed by atoms with Crippen LogP contribution in [0.1, 0.15) is 13.2 Å². The second kappa shape index (κ2) is 4.74. The second-order valence-electron chi connectivity index (χ2n) is 3.85. The van der Waals surface area contributed by atoms with Gasteiger partial charge in [-0.05, 0) is 6.92 Å². The molecule has 0 aromatic carbocycles. The molecule has 2 heterocycles. The largest absolute Gasteiger partial charge is 0.382 e. The average molecular weight is 288 g/mol. The predicted molar refractivity (Wildman–Crippen MR) is 64.9 cm³/mol. The van der Waals surface area contributed by atoms with E-state index in [0.29, 0.717) is 11.2 Å². The number of fused-ring (bicyclic) bond motifs is 1. The standard InChI is InChI=1S/C8H13N6O4P/c1-4(18-3-19(15,16)17)14-7-5(11-2-12-7)6(9)13-8(14)10/h2,4H,3H2,1H3,(H,11,12)(H3,9,10,13)(H2,15,16,17). The van der Waals surface area contributed by atoms with E-state index in [9.17, 15) is 4.57 Å². The second-order valence-corrected chi connectivity index (χ2v) is 5.44. The zero-order valence-corrected chi connectivity index (χ0v) is 10.8. The smallest absolute Gasteiger partial charge is 0.351 e. The predicted octanol–water partition coefficient (Wildman–Crippen LogP) is -0.509. The number of nitrogens with two attached hydrogens (primary N) is 1. The zero-order chi connectivity index (χ0) is 14.2. The summed E-state index contributed by atoms with van der Waals surface area (Å²) in [5, 5.41) is 7.74. The Hall–Kier alpha value is -1.74. The molecule has 0 fully saturated rings. The molecule has 2 aromatic heterocycles. The summed E-state index contributed by atoms with van der Waals surface area (Å²) in [6, 6.07) is 0. The Bertz CT molecular complexity index is 703. The third-order valence-electron chi connectivity index (χ3n) is 2.41. The minimum absolute atomic E-state index is 0.121. The van der Waals surface area contributed by atoms with Gasteiger partial charge in [0.1, 0.15) is 11.7 Å². The summed E-state index contributed by atoms with van der Waals surface area (Å²) >= 11 is 0. The van der Waals surface area contributed by atoms with Crippen molar-refractivity contribution >= 4 is 24.6 Å². The summed E-state index contributed by atoms with van der Waals surface area (Å²) < 4.78 is 17.1. The fraction of sp³-hybridized carbons (Fsp3) is 0.375. The minimum Gasteiger partial charge on any atom is -0.382 e. The van der Waals surface area contributed by atoms with Crippen molar-refractivity contribution in [1.82, 2.24) is 19.5 Å². The molecule has 0 saturated carbocycles. The Labute approximate surface area is 106 Å². The fourth-order valence-corrected chi connectivity index (χ4v) is 2.02. The minimum atomic E-state index is -4.28. The van der Waals surface area contributed by atoms with Gasteiger partial charge in [0.15, 0.2) is 17.8 Å². The third kappa shape index (κ3) is 2.82. The third-order valence-corrected chi connectivity index (χ3v) is 2.89. The van der Waals surface area contributed by atoms with Gasteiger partial charge in [0.2, 0.25) is 5.62 Å². The summed E-state index contributed by atoms with van der Waals surface area (Å²) in [5.74, 6) is 0.121. The molecule has 1 unspecified atom stereocenters. The van der Waals surface area contributed by atoms with Gasteiger partial charge in [0.05, 0.1) is 6.33 Å². The number of H-pyrrole nitrogens is 1. The molecule has 0 bridgehead atoms. The lowest BCUT2D eigenvalue weighted by Crippen LogP contribution is -2.29. The van der Waals surface area contributed by atoms with E-state index in [1.165, 1.54) is 17.8 Å². The number of aromatic amines is 1. The number of nitrogens with zero attached hydrogens (tertiary/aromatic N) is 3. The molecule has 11 heteroatoms. The van der Waals surface area contributed by atoms with Gasteiger partial charge in [0.25, 0.3) is 0 Å². The molecule has 2 rings (SSSR count). The van der Waals surface area contributed by atoms with Crippen molar-refractivity contribution in [2.24, 2.45) is 0 Å². The van der Waals surface area contributed by atoms with E-state index in [1.54, 1.807) is 0 Å². The number of nitrogens with one attached hydrogen (secondary N) is 2. The Kier molecular flexibility index (Phi) is 3.42. The number of aromatic nitrogens is 4. The van der Waals surface area contributed by atoms with Crippen LogP contribution in [0.5, 0.6) is 0 Å². The maximum absolute atomic E-state index is 10.8. The lowest BCUT2D eigenvalue weighted by atomic mass is 10.4. The molecular formula is C8H13N6O4P. The highest BCUT2D eigenvalue weighted by molar-refractivity contribution is 7.51. The van der Waals surface area contributed by atoms with Crippen LogP contribution < -0.4 is 11.4 Å². The molecule has 0 radical (unpaired) electrons. The molecule has 6 N–H and O–H groups in total. The van der Waals surface area contributed by atoms with Crippen LogP contribution in [-0.2, 0) is 9.30 Å². The highest BCUT2D eigenvalue weighted by Crippen LogP contribution is 2.35. The van der Waals surface area contributed by atoms with Crippen molar-refractivity contribution in [1.29, 1.82) is 5.41 Å². The number of ether oxygens (including phenoxy) is 1. The average Bonchev–Trinajstić information content (AvgIpc) is 2.74. The summed E-state index contributed by atoms with van der Waals surface area (Å²) in [5.41, 5.74) is 6.18. The van der Waals surface area contributed by atoms with Gasteiger partial charge in [-0.15, -0.1) is 0 Å². The number of hydrogen-bond acceptors (Lipinski definition) is 6. The highest BCUT2D eigenvalue weighted by Gasteiger charge is 2.19. The van der Waals surface area contributed by atoms with Gasteiger partial charge in [0, 0.05) is 0 Å². The normalized spacial score (nSPS) is 13.8. The first-order valence-corrected chi connectivity index (χ1v) is 7.01. The SMILES string of the molecule is CC(OCP(=O)(O)O)n1c(=N)nc(N)c2[nH]cnc21. The van der Waals surface area contributed by atoms with Gasteiger partial charge in [-0.2, -0.15) is 4.98 Å². The quantitative estimate of drug-likeness (QED) is 0.473. The molecule has 19 heavy (non-hydrogen) atoms. The molecule has 1 atom stereocenters. The van der Waals surface area contributed by atoms with Crippen LogP contribution in [0, 0.1) is 5.41 Å². The number of nitrogen functional groups attached to an aromatic ring is 1. The lowest BCUT2D eigenvalue weighted by molar-refractivity contribution is 0.0353. The van der Waals surface area contributed by atoms with Crippen LogP contribution in [0.4, 0.5) is 5.82 Å². The van der Waals surface area contributed by atoms with Crippen LogP contribution in [-0.4, -0.2) is 35.7 Å². The maximum atomic E-state index is 10.8. The molecule has 10 nitrogen and oxygen atoms in total. The fourth-order valence-electron chi connectivity index (χ4n) is 1.61. The van der Waals surface area contributed by atoms with Crippen LogP contribution >= 0.6 is 7.60 Å². The van der Waals surface area contributed by atoms with Crippen molar-refractivity contribution in [3.05, 3.63) is 11.9 Å². The van der Waals surface area contributed by atoms with Gasteiger partial charge in [-0.3, -0.25) is 14.5 Å². The molecule has 0 aliphatic carbocycles. The summed E-state index contributed by atoms with van der Waals surface area (Å²) in [4.78, 5) is 28.1. The van der Waals surface area contributed by atoms with Crippen molar-refractivity contribution in [2.75, 3.05) is 12.1 Å². The molecule has 0 aliphatic heterocycles. The van der Waals surface area contributed by atoms with E-state index in [-0.39, 0.29) is 11.4 Å². The summed E-state index contributed by atoms with van der Waals surface area (Å²) in [6.07, 6.45) is -0.190. The van der Waals surface area contributed by atoms with E-state index in [2.05, 4.69) is 15.0 Å². The molecule has 0 amide bonds. The van der Waals surface area contributed by atoms with Crippen LogP contribution in [0.15, 0.2) is 6.33 Å². The van der Waals surface area contributed by atoms with Crippen LogP contribution in [0.3, 0.4) is 0 Å². The first-order chi connectivity index (χ1) is 8.79. The number of rotatable bonds is 4. The highest BCUT2D eigenvalue weighted by atomic mass is 31.2.